The largest absolute Gasteiger partial charge is 0.103 e. The Labute approximate surface area is 193 Å². The third kappa shape index (κ3) is 6.27. The summed E-state index contributed by atoms with van der Waals surface area (Å²) in [6.45, 7) is 6.34. The predicted molar refractivity (Wildman–Crippen MR) is 136 cm³/mol. The molecule has 0 atom stereocenters. The summed E-state index contributed by atoms with van der Waals surface area (Å²) >= 11 is 0. The lowest BCUT2D eigenvalue weighted by Gasteiger charge is -2.37. The van der Waals surface area contributed by atoms with Crippen LogP contribution in [0.2, 0.25) is 0 Å². The Morgan fingerprint density at radius 2 is 1.16 bits per heavy atom. The van der Waals surface area contributed by atoms with Crippen molar-refractivity contribution < 1.29 is 0 Å². The highest BCUT2D eigenvalue weighted by Gasteiger charge is 2.31. The molecule has 0 nitrogen and oxygen atoms in total. The highest BCUT2D eigenvalue weighted by Crippen LogP contribution is 2.44. The molecule has 0 radical (unpaired) electrons. The first-order chi connectivity index (χ1) is 15.3. The predicted octanol–water partition coefficient (Wildman–Crippen LogP) is 9.81. The van der Waals surface area contributed by atoms with E-state index < -0.39 is 0 Å². The third-order valence-electron chi connectivity index (χ3n) is 9.53. The third-order valence-corrected chi connectivity index (χ3v) is 9.53. The van der Waals surface area contributed by atoms with E-state index in [2.05, 4.69) is 43.8 Å². The van der Waals surface area contributed by atoms with E-state index >= 15 is 0 Å². The molecule has 0 heteroatoms. The second-order valence-electron chi connectivity index (χ2n) is 11.4. The lowest BCUT2D eigenvalue weighted by atomic mass is 9.68. The van der Waals surface area contributed by atoms with Gasteiger partial charge in [-0.25, -0.2) is 0 Å². The van der Waals surface area contributed by atoms with Gasteiger partial charge in [0.15, 0.2) is 0 Å². The van der Waals surface area contributed by atoms with Crippen molar-refractivity contribution >= 4 is 0 Å². The molecule has 4 rings (SSSR count). The fourth-order valence-electron chi connectivity index (χ4n) is 7.28. The van der Waals surface area contributed by atoms with Gasteiger partial charge in [0.2, 0.25) is 0 Å². The van der Waals surface area contributed by atoms with E-state index in [-0.39, 0.29) is 0 Å². The Kier molecular flexibility index (Phi) is 8.74. The van der Waals surface area contributed by atoms with E-state index in [0.717, 1.165) is 35.5 Å². The fourth-order valence-corrected chi connectivity index (χ4v) is 7.28. The fraction of sp³-hybridized carbons (Fsp3) is 0.742. The van der Waals surface area contributed by atoms with Crippen molar-refractivity contribution in [2.45, 2.75) is 121 Å². The summed E-state index contributed by atoms with van der Waals surface area (Å²) in [4.78, 5) is 0. The van der Waals surface area contributed by atoms with Crippen LogP contribution < -0.4 is 0 Å². The highest BCUT2D eigenvalue weighted by molar-refractivity contribution is 5.28. The van der Waals surface area contributed by atoms with Gasteiger partial charge in [0.25, 0.3) is 0 Å². The molecule has 172 valence electrons. The molecule has 0 N–H and O–H groups in total. The molecule has 0 spiro atoms. The molecule has 3 aliphatic carbocycles. The molecule has 0 saturated heterocycles. The van der Waals surface area contributed by atoms with Crippen LogP contribution in [0.3, 0.4) is 0 Å². The maximum atomic E-state index is 4.02. The Hall–Kier alpha value is -1.04. The van der Waals surface area contributed by atoms with Gasteiger partial charge in [0.05, 0.1) is 0 Å². The normalized spacial score (nSPS) is 34.4. The Morgan fingerprint density at radius 1 is 0.677 bits per heavy atom. The summed E-state index contributed by atoms with van der Waals surface area (Å²) in [6, 6.07) is 10.0. The summed E-state index contributed by atoms with van der Waals surface area (Å²) in [5.41, 5.74) is 3.26. The standard InChI is InChI=1S/C31H48/c1-3-5-6-7-25-10-14-27(15-11-25)29-18-22-31(23-19-29)30-20-16-28(17-21-30)26-12-8-24(4-2)9-13-26/h4,18-19,22-28,30H,2-3,5-17,20-21H2,1H3. The van der Waals surface area contributed by atoms with Gasteiger partial charge in [-0.3, -0.25) is 0 Å². The molecule has 0 aromatic heterocycles. The van der Waals surface area contributed by atoms with Gasteiger partial charge in [-0.15, -0.1) is 6.58 Å². The van der Waals surface area contributed by atoms with Crippen LogP contribution in [0.4, 0.5) is 0 Å². The van der Waals surface area contributed by atoms with E-state index in [1.54, 1.807) is 11.1 Å². The molecule has 1 aromatic rings. The molecule has 0 amide bonds. The molecule has 1 aromatic carbocycles. The number of benzene rings is 1. The first-order valence-corrected chi connectivity index (χ1v) is 14.0. The summed E-state index contributed by atoms with van der Waals surface area (Å²) in [5, 5.41) is 0. The Morgan fingerprint density at radius 3 is 1.65 bits per heavy atom. The molecule has 3 aliphatic rings. The topological polar surface area (TPSA) is 0 Å². The van der Waals surface area contributed by atoms with E-state index in [9.17, 15) is 0 Å². The van der Waals surface area contributed by atoms with E-state index in [0.29, 0.717) is 0 Å². The maximum Gasteiger partial charge on any atom is -0.0162 e. The van der Waals surface area contributed by atoms with Crippen molar-refractivity contribution in [3.05, 3.63) is 48.0 Å². The first kappa shape index (κ1) is 23.1. The lowest BCUT2D eigenvalue weighted by molar-refractivity contribution is 0.171. The second-order valence-corrected chi connectivity index (χ2v) is 11.4. The molecule has 3 saturated carbocycles. The van der Waals surface area contributed by atoms with Gasteiger partial charge >= 0.3 is 0 Å². The van der Waals surface area contributed by atoms with Gasteiger partial charge in [0, 0.05) is 0 Å². The van der Waals surface area contributed by atoms with Crippen molar-refractivity contribution in [3.8, 4) is 0 Å². The van der Waals surface area contributed by atoms with Gasteiger partial charge in [0.1, 0.15) is 0 Å². The van der Waals surface area contributed by atoms with Crippen LogP contribution in [0.5, 0.6) is 0 Å². The molecule has 0 heterocycles. The monoisotopic (exact) mass is 420 g/mol. The van der Waals surface area contributed by atoms with Gasteiger partial charge < -0.3 is 0 Å². The molecule has 0 bridgehead atoms. The van der Waals surface area contributed by atoms with E-state index in [1.165, 1.54) is 103 Å². The maximum absolute atomic E-state index is 4.02. The minimum absolute atomic E-state index is 0.808. The number of unbranched alkanes of at least 4 members (excludes halogenated alkanes) is 2. The molecular formula is C31H48. The smallest absolute Gasteiger partial charge is 0.0162 e. The molecule has 0 unspecified atom stereocenters. The number of allylic oxidation sites excluding steroid dienone is 1. The molecule has 0 aliphatic heterocycles. The number of hydrogen-bond acceptors (Lipinski definition) is 0. The lowest BCUT2D eigenvalue weighted by Crippen LogP contribution is -2.25. The molecule has 31 heavy (non-hydrogen) atoms. The van der Waals surface area contributed by atoms with Crippen molar-refractivity contribution in [3.63, 3.8) is 0 Å². The minimum Gasteiger partial charge on any atom is -0.103 e. The summed E-state index contributed by atoms with van der Waals surface area (Å²) in [7, 11) is 0. The van der Waals surface area contributed by atoms with E-state index in [1.807, 2.05) is 0 Å². The highest BCUT2D eigenvalue weighted by atomic mass is 14.4. The SMILES string of the molecule is C=CC1CCC(C2CCC(c3ccc(C4CCC(CCCCC)CC4)cc3)CC2)CC1. The summed E-state index contributed by atoms with van der Waals surface area (Å²) in [5.74, 6) is 5.50. The van der Waals surface area contributed by atoms with Crippen LogP contribution in [0, 0.1) is 23.7 Å². The number of rotatable bonds is 8. The van der Waals surface area contributed by atoms with Crippen LogP contribution in [-0.4, -0.2) is 0 Å². The summed E-state index contributed by atoms with van der Waals surface area (Å²) in [6.07, 6.45) is 25.2. The molecule has 3 fully saturated rings. The second kappa shape index (κ2) is 11.7. The van der Waals surface area contributed by atoms with Crippen LogP contribution in [0.15, 0.2) is 36.9 Å². The van der Waals surface area contributed by atoms with Gasteiger partial charge in [-0.05, 0) is 124 Å². The van der Waals surface area contributed by atoms with Crippen molar-refractivity contribution in [2.24, 2.45) is 23.7 Å². The Balaban J connectivity index is 1.21. The average molecular weight is 421 g/mol. The zero-order chi connectivity index (χ0) is 21.5. The van der Waals surface area contributed by atoms with Crippen LogP contribution in [0.25, 0.3) is 0 Å². The first-order valence-electron chi connectivity index (χ1n) is 14.0. The van der Waals surface area contributed by atoms with Gasteiger partial charge in [-0.1, -0.05) is 62.9 Å². The average Bonchev–Trinajstić information content (AvgIpc) is 2.85. The van der Waals surface area contributed by atoms with Crippen molar-refractivity contribution in [2.75, 3.05) is 0 Å². The zero-order valence-corrected chi connectivity index (χ0v) is 20.4. The van der Waals surface area contributed by atoms with E-state index in [4.69, 9.17) is 0 Å². The van der Waals surface area contributed by atoms with Crippen molar-refractivity contribution in [1.82, 2.24) is 0 Å². The van der Waals surface area contributed by atoms with Crippen LogP contribution in [0.1, 0.15) is 133 Å². The zero-order valence-electron chi connectivity index (χ0n) is 20.4. The van der Waals surface area contributed by atoms with Crippen molar-refractivity contribution in [1.29, 1.82) is 0 Å². The van der Waals surface area contributed by atoms with Gasteiger partial charge in [-0.2, -0.15) is 0 Å². The minimum atomic E-state index is 0.808. The quantitative estimate of drug-likeness (QED) is 0.290. The molecular weight excluding hydrogens is 372 g/mol. The van der Waals surface area contributed by atoms with Crippen LogP contribution in [-0.2, 0) is 0 Å². The summed E-state index contributed by atoms with van der Waals surface area (Å²) < 4.78 is 0. The number of hydrogen-bond donors (Lipinski definition) is 0. The van der Waals surface area contributed by atoms with Crippen LogP contribution >= 0.6 is 0 Å². The Bertz CT molecular complexity index is 631.